The minimum atomic E-state index is 0.509. The molecule has 3 aromatic heterocycles. The van der Waals surface area contributed by atoms with Crippen molar-refractivity contribution in [2.24, 2.45) is 0 Å². The topological polar surface area (TPSA) is 64.7 Å². The van der Waals surface area contributed by atoms with Gasteiger partial charge in [0.25, 0.3) is 5.22 Å². The summed E-state index contributed by atoms with van der Waals surface area (Å²) in [5, 5.41) is 9.79. The lowest BCUT2D eigenvalue weighted by molar-refractivity contribution is 0.466. The molecule has 27 heavy (non-hydrogen) atoms. The van der Waals surface area contributed by atoms with Gasteiger partial charge in [0.05, 0.1) is 0 Å². The van der Waals surface area contributed by atoms with E-state index in [9.17, 15) is 0 Å². The van der Waals surface area contributed by atoms with Crippen molar-refractivity contribution in [1.82, 2.24) is 20.2 Å². The molecule has 0 unspecified atom stereocenters. The zero-order chi connectivity index (χ0) is 18.6. The van der Waals surface area contributed by atoms with Crippen molar-refractivity contribution in [2.75, 3.05) is 0 Å². The molecule has 136 valence electrons. The van der Waals surface area contributed by atoms with E-state index >= 15 is 0 Å². The first-order valence-electron chi connectivity index (χ1n) is 8.61. The van der Waals surface area contributed by atoms with Crippen LogP contribution < -0.4 is 0 Å². The van der Waals surface area contributed by atoms with Crippen molar-refractivity contribution < 1.29 is 4.42 Å². The molecule has 1 aromatic carbocycles. The third kappa shape index (κ3) is 4.26. The van der Waals surface area contributed by atoms with E-state index in [0.29, 0.717) is 17.0 Å². The van der Waals surface area contributed by atoms with Crippen molar-refractivity contribution in [3.05, 3.63) is 65.4 Å². The molecule has 0 amide bonds. The molecule has 0 bridgehead atoms. The Kier molecular flexibility index (Phi) is 5.31. The van der Waals surface area contributed by atoms with Gasteiger partial charge in [-0.3, -0.25) is 4.98 Å². The Hall–Kier alpha value is -2.51. The van der Waals surface area contributed by atoms with Gasteiger partial charge in [-0.2, -0.15) is 0 Å². The molecule has 0 saturated carbocycles. The van der Waals surface area contributed by atoms with Crippen LogP contribution in [-0.2, 0) is 5.75 Å². The fraction of sp³-hybridized carbons (Fsp3) is 0.200. The summed E-state index contributed by atoms with van der Waals surface area (Å²) in [5.41, 5.74) is 3.36. The molecule has 0 aliphatic rings. The third-order valence-corrected chi connectivity index (χ3v) is 6.15. The quantitative estimate of drug-likeness (QED) is 0.393. The van der Waals surface area contributed by atoms with Crippen molar-refractivity contribution >= 4 is 23.1 Å². The molecular weight excluding hydrogens is 376 g/mol. The first-order valence-corrected chi connectivity index (χ1v) is 10.4. The van der Waals surface area contributed by atoms with E-state index in [2.05, 4.69) is 58.3 Å². The standard InChI is InChI=1S/C20H18N4OS2/c1-13(2)14-3-5-16(6-4-14)19-22-11-17(27-19)12-26-20-24-23-18(25-20)15-7-9-21-10-8-15/h3-11,13H,12H2,1-2H3. The van der Waals surface area contributed by atoms with Crippen LogP contribution >= 0.6 is 23.1 Å². The maximum Gasteiger partial charge on any atom is 0.277 e. The number of hydrogen-bond donors (Lipinski definition) is 0. The Morgan fingerprint density at radius 2 is 1.78 bits per heavy atom. The first-order chi connectivity index (χ1) is 13.2. The maximum absolute atomic E-state index is 5.72. The largest absolute Gasteiger partial charge is 0.411 e. The Bertz CT molecular complexity index is 1010. The van der Waals surface area contributed by atoms with Crippen molar-refractivity contribution in [2.45, 2.75) is 30.7 Å². The SMILES string of the molecule is CC(C)c1ccc(-c2ncc(CSc3nnc(-c4ccncc4)o3)s2)cc1. The highest BCUT2D eigenvalue weighted by Gasteiger charge is 2.11. The summed E-state index contributed by atoms with van der Waals surface area (Å²) < 4.78 is 5.72. The lowest BCUT2D eigenvalue weighted by atomic mass is 10.0. The molecule has 4 rings (SSSR count). The summed E-state index contributed by atoms with van der Waals surface area (Å²) in [6.45, 7) is 4.40. The Balaban J connectivity index is 1.41. The van der Waals surface area contributed by atoms with Gasteiger partial charge in [0.1, 0.15) is 5.01 Å². The highest BCUT2D eigenvalue weighted by Crippen LogP contribution is 2.31. The third-order valence-electron chi connectivity index (χ3n) is 4.05. The van der Waals surface area contributed by atoms with Crippen LogP contribution in [0.3, 0.4) is 0 Å². The van der Waals surface area contributed by atoms with Crippen LogP contribution in [0, 0.1) is 0 Å². The molecule has 7 heteroatoms. The van der Waals surface area contributed by atoms with Gasteiger partial charge < -0.3 is 4.42 Å². The average Bonchev–Trinajstić information content (AvgIpc) is 3.37. The van der Waals surface area contributed by atoms with Crippen LogP contribution in [-0.4, -0.2) is 20.2 Å². The summed E-state index contributed by atoms with van der Waals surface area (Å²) >= 11 is 3.21. The minimum absolute atomic E-state index is 0.509. The number of thioether (sulfide) groups is 1. The van der Waals surface area contributed by atoms with Gasteiger partial charge in [0, 0.05) is 40.3 Å². The molecule has 0 aliphatic heterocycles. The number of aromatic nitrogens is 4. The number of pyridine rings is 1. The van der Waals surface area contributed by atoms with Gasteiger partial charge in [0.2, 0.25) is 5.89 Å². The Labute approximate surface area is 165 Å². The lowest BCUT2D eigenvalue weighted by Gasteiger charge is -2.05. The summed E-state index contributed by atoms with van der Waals surface area (Å²) in [7, 11) is 0. The van der Waals surface area contributed by atoms with Crippen LogP contribution in [0.5, 0.6) is 0 Å². The average molecular weight is 395 g/mol. The molecule has 0 fully saturated rings. The number of rotatable bonds is 6. The minimum Gasteiger partial charge on any atom is -0.411 e. The number of hydrogen-bond acceptors (Lipinski definition) is 7. The van der Waals surface area contributed by atoms with Gasteiger partial charge >= 0.3 is 0 Å². The molecule has 0 N–H and O–H groups in total. The van der Waals surface area contributed by atoms with Crippen LogP contribution in [0.2, 0.25) is 0 Å². The normalized spacial score (nSPS) is 11.2. The van der Waals surface area contributed by atoms with Crippen LogP contribution in [0.25, 0.3) is 22.0 Å². The molecule has 0 spiro atoms. The van der Waals surface area contributed by atoms with E-state index in [4.69, 9.17) is 4.42 Å². The summed E-state index contributed by atoms with van der Waals surface area (Å²) in [6.07, 6.45) is 5.33. The second kappa shape index (κ2) is 8.02. The molecule has 3 heterocycles. The van der Waals surface area contributed by atoms with Gasteiger partial charge in [-0.15, -0.1) is 21.5 Å². The molecular formula is C20H18N4OS2. The van der Waals surface area contributed by atoms with Gasteiger partial charge in [0.15, 0.2) is 0 Å². The van der Waals surface area contributed by atoms with Crippen molar-refractivity contribution in [3.63, 3.8) is 0 Å². The van der Waals surface area contributed by atoms with Crippen molar-refractivity contribution in [1.29, 1.82) is 0 Å². The molecule has 0 radical (unpaired) electrons. The van der Waals surface area contributed by atoms with E-state index < -0.39 is 0 Å². The molecule has 0 saturated heterocycles. The molecule has 4 aromatic rings. The molecule has 0 atom stereocenters. The number of benzene rings is 1. The lowest BCUT2D eigenvalue weighted by Crippen LogP contribution is -1.86. The smallest absolute Gasteiger partial charge is 0.277 e. The zero-order valence-electron chi connectivity index (χ0n) is 15.0. The van der Waals surface area contributed by atoms with E-state index in [1.165, 1.54) is 22.2 Å². The first kappa shape index (κ1) is 17.9. The summed E-state index contributed by atoms with van der Waals surface area (Å²) in [5.74, 6) is 1.79. The Morgan fingerprint density at radius 1 is 1.00 bits per heavy atom. The zero-order valence-corrected chi connectivity index (χ0v) is 16.6. The Morgan fingerprint density at radius 3 is 2.52 bits per heavy atom. The van der Waals surface area contributed by atoms with Crippen molar-refractivity contribution in [3.8, 4) is 22.0 Å². The fourth-order valence-electron chi connectivity index (χ4n) is 2.53. The second-order valence-electron chi connectivity index (χ2n) is 6.31. The highest BCUT2D eigenvalue weighted by atomic mass is 32.2. The van der Waals surface area contributed by atoms with E-state index in [1.54, 1.807) is 23.7 Å². The molecule has 5 nitrogen and oxygen atoms in total. The van der Waals surface area contributed by atoms with Gasteiger partial charge in [-0.1, -0.05) is 49.9 Å². The number of thiazole rings is 1. The van der Waals surface area contributed by atoms with Gasteiger partial charge in [-0.05, 0) is 23.6 Å². The van der Waals surface area contributed by atoms with E-state index in [1.807, 2.05) is 18.3 Å². The van der Waals surface area contributed by atoms with E-state index in [0.717, 1.165) is 21.9 Å². The molecule has 0 aliphatic carbocycles. The van der Waals surface area contributed by atoms with Crippen LogP contribution in [0.15, 0.2) is 64.6 Å². The monoisotopic (exact) mass is 394 g/mol. The van der Waals surface area contributed by atoms with E-state index in [-0.39, 0.29) is 0 Å². The highest BCUT2D eigenvalue weighted by molar-refractivity contribution is 7.98. The van der Waals surface area contributed by atoms with Crippen LogP contribution in [0.4, 0.5) is 0 Å². The fourth-order valence-corrected chi connectivity index (χ4v) is 4.23. The summed E-state index contributed by atoms with van der Waals surface area (Å²) in [6, 6.07) is 12.3. The predicted octanol–water partition coefficient (Wildman–Crippen LogP) is 5.67. The number of nitrogens with zero attached hydrogens (tertiary/aromatic N) is 4. The van der Waals surface area contributed by atoms with Crippen LogP contribution in [0.1, 0.15) is 30.2 Å². The second-order valence-corrected chi connectivity index (χ2v) is 8.35. The maximum atomic E-state index is 5.72. The predicted molar refractivity (Wildman–Crippen MR) is 109 cm³/mol. The van der Waals surface area contributed by atoms with Gasteiger partial charge in [-0.25, -0.2) is 4.98 Å². The summed E-state index contributed by atoms with van der Waals surface area (Å²) in [4.78, 5) is 9.72.